The quantitative estimate of drug-likeness (QED) is 0.395. The zero-order chi connectivity index (χ0) is 15.4. The zero-order valence-corrected chi connectivity index (χ0v) is 12.2. The van der Waals surface area contributed by atoms with Crippen molar-refractivity contribution in [3.63, 3.8) is 0 Å². The van der Waals surface area contributed by atoms with Crippen molar-refractivity contribution in [1.82, 2.24) is 15.9 Å². The lowest BCUT2D eigenvalue weighted by atomic mass is 10.1. The van der Waals surface area contributed by atoms with Gasteiger partial charge in [0, 0.05) is 5.56 Å². The van der Waals surface area contributed by atoms with Crippen molar-refractivity contribution in [3.05, 3.63) is 65.2 Å². The Labute approximate surface area is 130 Å². The van der Waals surface area contributed by atoms with E-state index in [0.29, 0.717) is 10.7 Å². The number of benzene rings is 2. The van der Waals surface area contributed by atoms with Crippen LogP contribution in [0.3, 0.4) is 0 Å². The average Bonchev–Trinajstić information content (AvgIpc) is 2.99. The highest BCUT2D eigenvalue weighted by Crippen LogP contribution is 2.24. The minimum absolute atomic E-state index is 0.533. The number of nitrogens with one attached hydrogen (secondary N) is 2. The normalized spacial score (nSPS) is 11.4. The largest absolute Gasteiger partial charge is 0.358 e. The van der Waals surface area contributed by atoms with Gasteiger partial charge in [-0.25, -0.2) is 20.7 Å². The topological polar surface area (TPSA) is 86.6 Å². The predicted octanol–water partition coefficient (Wildman–Crippen LogP) is 2.74. The SMILES string of the molecule is O=C(NO)N/N=C(\c1ccccc1)c1nc2ccccc2s1. The molecule has 0 aliphatic heterocycles. The van der Waals surface area contributed by atoms with E-state index in [-0.39, 0.29) is 0 Å². The maximum Gasteiger partial charge on any atom is 0.358 e. The Kier molecular flexibility index (Phi) is 4.08. The van der Waals surface area contributed by atoms with Crippen LogP contribution in [0, 0.1) is 0 Å². The minimum atomic E-state index is -0.811. The Balaban J connectivity index is 2.06. The van der Waals surface area contributed by atoms with Crippen LogP contribution < -0.4 is 10.9 Å². The summed E-state index contributed by atoms with van der Waals surface area (Å²) >= 11 is 1.48. The van der Waals surface area contributed by atoms with Crippen molar-refractivity contribution in [2.45, 2.75) is 0 Å². The molecule has 0 aliphatic rings. The van der Waals surface area contributed by atoms with E-state index < -0.39 is 6.03 Å². The maximum atomic E-state index is 11.2. The number of hydrogen-bond donors (Lipinski definition) is 3. The third-order valence-electron chi connectivity index (χ3n) is 2.91. The fraction of sp³-hybridized carbons (Fsp3) is 0. The van der Waals surface area contributed by atoms with Gasteiger partial charge in [-0.05, 0) is 12.1 Å². The maximum absolute atomic E-state index is 11.2. The lowest BCUT2D eigenvalue weighted by Gasteiger charge is -2.04. The number of fused-ring (bicyclic) bond motifs is 1. The Bertz CT molecular complexity index is 797. The first-order chi connectivity index (χ1) is 10.8. The molecule has 0 fully saturated rings. The van der Waals surface area contributed by atoms with Gasteiger partial charge in [0.05, 0.1) is 10.2 Å². The molecule has 0 saturated carbocycles. The molecule has 0 spiro atoms. The lowest BCUT2D eigenvalue weighted by molar-refractivity contribution is 0.162. The number of hydrogen-bond acceptors (Lipinski definition) is 5. The summed E-state index contributed by atoms with van der Waals surface area (Å²) in [5, 5.41) is 13.3. The summed E-state index contributed by atoms with van der Waals surface area (Å²) in [5.74, 6) is 0. The van der Waals surface area contributed by atoms with E-state index in [0.717, 1.165) is 15.8 Å². The minimum Gasteiger partial charge on any atom is -0.287 e. The highest BCUT2D eigenvalue weighted by Gasteiger charge is 2.13. The van der Waals surface area contributed by atoms with Gasteiger partial charge >= 0.3 is 6.03 Å². The van der Waals surface area contributed by atoms with E-state index in [4.69, 9.17) is 5.21 Å². The highest BCUT2D eigenvalue weighted by molar-refractivity contribution is 7.20. The van der Waals surface area contributed by atoms with Gasteiger partial charge < -0.3 is 0 Å². The molecule has 3 N–H and O–H groups in total. The molecule has 3 aromatic rings. The predicted molar refractivity (Wildman–Crippen MR) is 85.2 cm³/mol. The van der Waals surface area contributed by atoms with Crippen LogP contribution in [0.1, 0.15) is 10.6 Å². The molecule has 110 valence electrons. The van der Waals surface area contributed by atoms with E-state index in [9.17, 15) is 4.79 Å². The summed E-state index contributed by atoms with van der Waals surface area (Å²) in [6.07, 6.45) is 0. The van der Waals surface area contributed by atoms with Crippen LogP contribution in [0.2, 0.25) is 0 Å². The molecular formula is C15H12N4O2S. The number of carbonyl (C=O) groups excluding carboxylic acids is 1. The van der Waals surface area contributed by atoms with Crippen molar-refractivity contribution in [3.8, 4) is 0 Å². The van der Waals surface area contributed by atoms with Crippen molar-refractivity contribution < 1.29 is 10.0 Å². The smallest absolute Gasteiger partial charge is 0.287 e. The highest BCUT2D eigenvalue weighted by atomic mass is 32.1. The van der Waals surface area contributed by atoms with Crippen LogP contribution >= 0.6 is 11.3 Å². The molecule has 0 radical (unpaired) electrons. The Morgan fingerprint density at radius 3 is 2.55 bits per heavy atom. The number of hydrazone groups is 1. The standard InChI is InChI=1S/C15H12N4O2S/c20-15(19-21)18-17-13(10-6-2-1-3-7-10)14-16-11-8-4-5-9-12(11)22-14/h1-9,21H,(H2,18,19,20)/b17-13+. The third-order valence-corrected chi connectivity index (χ3v) is 3.96. The van der Waals surface area contributed by atoms with Crippen molar-refractivity contribution in [2.24, 2.45) is 5.10 Å². The second-order valence-electron chi connectivity index (χ2n) is 4.37. The summed E-state index contributed by atoms with van der Waals surface area (Å²) in [7, 11) is 0. The first-order valence-corrected chi connectivity index (χ1v) is 7.28. The summed E-state index contributed by atoms with van der Waals surface area (Å²) in [4.78, 5) is 15.7. The van der Waals surface area contributed by atoms with Gasteiger partial charge in [0.2, 0.25) is 0 Å². The van der Waals surface area contributed by atoms with Crippen molar-refractivity contribution in [2.75, 3.05) is 0 Å². The van der Waals surface area contributed by atoms with Crippen molar-refractivity contribution in [1.29, 1.82) is 0 Å². The molecule has 0 aliphatic carbocycles. The monoisotopic (exact) mass is 312 g/mol. The molecule has 2 amide bonds. The molecule has 6 nitrogen and oxygen atoms in total. The molecule has 2 aromatic carbocycles. The van der Waals surface area contributed by atoms with Crippen LogP contribution in [0.25, 0.3) is 10.2 Å². The number of carbonyl (C=O) groups is 1. The van der Waals surface area contributed by atoms with E-state index in [1.807, 2.05) is 54.6 Å². The molecule has 0 saturated heterocycles. The molecule has 0 unspecified atom stereocenters. The number of nitrogens with zero attached hydrogens (tertiary/aromatic N) is 2. The number of para-hydroxylation sites is 1. The average molecular weight is 312 g/mol. The number of amides is 2. The number of rotatable bonds is 3. The first kappa shape index (κ1) is 14.2. The summed E-state index contributed by atoms with van der Waals surface area (Å²) in [6, 6.07) is 16.4. The number of aromatic nitrogens is 1. The summed E-state index contributed by atoms with van der Waals surface area (Å²) < 4.78 is 1.03. The molecular weight excluding hydrogens is 300 g/mol. The van der Waals surface area contributed by atoms with Gasteiger partial charge in [-0.2, -0.15) is 5.10 Å². The molecule has 0 atom stereocenters. The Morgan fingerprint density at radius 2 is 1.82 bits per heavy atom. The third kappa shape index (κ3) is 2.95. The van der Waals surface area contributed by atoms with Crippen LogP contribution in [0.4, 0.5) is 4.79 Å². The molecule has 7 heteroatoms. The van der Waals surface area contributed by atoms with Gasteiger partial charge in [0.25, 0.3) is 0 Å². The molecule has 1 aromatic heterocycles. The van der Waals surface area contributed by atoms with E-state index in [1.165, 1.54) is 16.8 Å². The fourth-order valence-electron chi connectivity index (χ4n) is 1.94. The first-order valence-electron chi connectivity index (χ1n) is 6.47. The van der Waals surface area contributed by atoms with Gasteiger partial charge in [-0.1, -0.05) is 42.5 Å². The fourth-order valence-corrected chi connectivity index (χ4v) is 2.91. The second-order valence-corrected chi connectivity index (χ2v) is 5.40. The molecule has 22 heavy (non-hydrogen) atoms. The lowest BCUT2D eigenvalue weighted by Crippen LogP contribution is -2.30. The molecule has 3 rings (SSSR count). The van der Waals surface area contributed by atoms with Crippen LogP contribution in [-0.4, -0.2) is 21.9 Å². The van der Waals surface area contributed by atoms with Crippen molar-refractivity contribution >= 4 is 33.3 Å². The van der Waals surface area contributed by atoms with Gasteiger partial charge in [0.15, 0.2) is 0 Å². The molecule has 0 bridgehead atoms. The summed E-state index contributed by atoms with van der Waals surface area (Å²) in [6.45, 7) is 0. The van der Waals surface area contributed by atoms with Gasteiger partial charge in [-0.3, -0.25) is 5.21 Å². The Hall–Kier alpha value is -2.77. The number of hydroxylamine groups is 1. The zero-order valence-electron chi connectivity index (χ0n) is 11.4. The number of thiazole rings is 1. The van der Waals surface area contributed by atoms with Crippen LogP contribution in [0.5, 0.6) is 0 Å². The van der Waals surface area contributed by atoms with Gasteiger partial charge in [0.1, 0.15) is 10.7 Å². The Morgan fingerprint density at radius 1 is 1.09 bits per heavy atom. The van der Waals surface area contributed by atoms with E-state index in [1.54, 1.807) is 0 Å². The molecule has 1 heterocycles. The second kappa shape index (κ2) is 6.33. The van der Waals surface area contributed by atoms with E-state index in [2.05, 4.69) is 15.5 Å². The van der Waals surface area contributed by atoms with Crippen LogP contribution in [-0.2, 0) is 0 Å². The summed E-state index contributed by atoms with van der Waals surface area (Å²) in [5.41, 5.74) is 5.93. The van der Waals surface area contributed by atoms with Crippen LogP contribution in [0.15, 0.2) is 59.7 Å². The number of urea groups is 1. The van der Waals surface area contributed by atoms with E-state index >= 15 is 0 Å². The van der Waals surface area contributed by atoms with Gasteiger partial charge in [-0.15, -0.1) is 11.3 Å².